The Kier molecular flexibility index (Phi) is 5.55. The van der Waals surface area contributed by atoms with Crippen LogP contribution in [-0.2, 0) is 16.6 Å². The van der Waals surface area contributed by atoms with Gasteiger partial charge in [-0.2, -0.15) is 17.5 Å². The van der Waals surface area contributed by atoms with Crippen molar-refractivity contribution in [1.82, 2.24) is 9.62 Å². The summed E-state index contributed by atoms with van der Waals surface area (Å²) >= 11 is 0. The Hall–Kier alpha value is -1.12. The zero-order chi connectivity index (χ0) is 15.4. The Morgan fingerprint density at radius 2 is 1.75 bits per heavy atom. The molecule has 0 fully saturated rings. The molecule has 20 heavy (non-hydrogen) atoms. The van der Waals surface area contributed by atoms with E-state index in [9.17, 15) is 21.6 Å². The lowest BCUT2D eigenvalue weighted by Crippen LogP contribution is -2.38. The van der Waals surface area contributed by atoms with Gasteiger partial charge in [-0.15, -0.1) is 0 Å². The van der Waals surface area contributed by atoms with Gasteiger partial charge in [0.15, 0.2) is 0 Å². The summed E-state index contributed by atoms with van der Waals surface area (Å²) in [5.41, 5.74) is 0.852. The predicted octanol–water partition coefficient (Wildman–Crippen LogP) is 1.98. The first-order valence-electron chi connectivity index (χ1n) is 6.01. The summed E-state index contributed by atoms with van der Waals surface area (Å²) in [6.07, 6.45) is -4.56. The number of nitrogens with zero attached hydrogens (tertiary/aromatic N) is 1. The number of hydrogen-bond acceptors (Lipinski definition) is 3. The highest BCUT2D eigenvalue weighted by Gasteiger charge is 2.36. The first-order valence-corrected chi connectivity index (χ1v) is 7.45. The summed E-state index contributed by atoms with van der Waals surface area (Å²) in [6, 6.07) is 5.79. The number of nitrogens with one attached hydrogen (secondary N) is 1. The molecule has 0 amide bonds. The molecule has 4 nitrogen and oxygen atoms in total. The summed E-state index contributed by atoms with van der Waals surface area (Å²) in [4.78, 5) is -0.136. The molecule has 8 heteroatoms. The summed E-state index contributed by atoms with van der Waals surface area (Å²) in [7, 11) is -2.38. The quantitative estimate of drug-likeness (QED) is 0.874. The maximum atomic E-state index is 12.4. The Bertz CT molecular complexity index is 527. The van der Waals surface area contributed by atoms with E-state index in [-0.39, 0.29) is 11.4 Å². The molecule has 0 aliphatic rings. The van der Waals surface area contributed by atoms with Gasteiger partial charge < -0.3 is 5.32 Å². The zero-order valence-electron chi connectivity index (χ0n) is 11.2. The largest absolute Gasteiger partial charge is 0.402 e. The molecule has 0 unspecified atom stereocenters. The van der Waals surface area contributed by atoms with E-state index in [1.807, 2.05) is 0 Å². The molecule has 1 rings (SSSR count). The fourth-order valence-electron chi connectivity index (χ4n) is 1.70. The summed E-state index contributed by atoms with van der Waals surface area (Å²) in [5, 5.41) is 2.90. The first kappa shape index (κ1) is 16.9. The lowest BCUT2D eigenvalue weighted by molar-refractivity contribution is -0.135. The molecule has 0 spiro atoms. The smallest absolute Gasteiger partial charge is 0.316 e. The van der Waals surface area contributed by atoms with E-state index < -0.39 is 22.7 Å². The minimum absolute atomic E-state index is 0.136. The van der Waals surface area contributed by atoms with Crippen LogP contribution in [-0.4, -0.2) is 39.0 Å². The number of sulfonamides is 1. The minimum Gasteiger partial charge on any atom is -0.316 e. The Balaban J connectivity index is 3.01. The van der Waals surface area contributed by atoms with Crippen LogP contribution >= 0.6 is 0 Å². The molecule has 0 saturated heterocycles. The molecular weight excluding hydrogens is 293 g/mol. The van der Waals surface area contributed by atoms with E-state index in [1.165, 1.54) is 19.1 Å². The van der Waals surface area contributed by atoms with Crippen LogP contribution in [0.5, 0.6) is 0 Å². The molecule has 0 atom stereocenters. The van der Waals surface area contributed by atoms with Crippen molar-refractivity contribution in [2.24, 2.45) is 0 Å². The average molecular weight is 310 g/mol. The van der Waals surface area contributed by atoms with E-state index in [0.29, 0.717) is 10.8 Å². The van der Waals surface area contributed by atoms with Crippen molar-refractivity contribution in [1.29, 1.82) is 0 Å². The molecule has 1 aromatic rings. The number of halogens is 3. The second-order valence-corrected chi connectivity index (χ2v) is 6.16. The van der Waals surface area contributed by atoms with Crippen LogP contribution in [0.25, 0.3) is 0 Å². The maximum absolute atomic E-state index is 12.4. The van der Waals surface area contributed by atoms with Gasteiger partial charge in [0, 0.05) is 13.1 Å². The minimum atomic E-state index is -4.56. The molecule has 114 valence electrons. The Labute approximate surface area is 116 Å². The van der Waals surface area contributed by atoms with E-state index in [4.69, 9.17) is 0 Å². The summed E-state index contributed by atoms with van der Waals surface area (Å²) < 4.78 is 61.8. The number of hydrogen-bond donors (Lipinski definition) is 1. The molecule has 0 aliphatic carbocycles. The van der Waals surface area contributed by atoms with Gasteiger partial charge in [0.1, 0.15) is 6.54 Å². The fraction of sp³-hybridized carbons (Fsp3) is 0.500. The maximum Gasteiger partial charge on any atom is 0.402 e. The Morgan fingerprint density at radius 3 is 2.15 bits per heavy atom. The molecule has 0 heterocycles. The van der Waals surface area contributed by atoms with Crippen LogP contribution in [0.4, 0.5) is 13.2 Å². The van der Waals surface area contributed by atoms with Crippen molar-refractivity contribution >= 4 is 10.0 Å². The second-order valence-electron chi connectivity index (χ2n) is 4.22. The van der Waals surface area contributed by atoms with Crippen LogP contribution in [0.2, 0.25) is 0 Å². The van der Waals surface area contributed by atoms with Crippen molar-refractivity contribution in [3.05, 3.63) is 29.8 Å². The van der Waals surface area contributed by atoms with Crippen molar-refractivity contribution in [2.45, 2.75) is 24.5 Å². The molecule has 0 saturated carbocycles. The van der Waals surface area contributed by atoms with Crippen molar-refractivity contribution < 1.29 is 21.6 Å². The number of rotatable bonds is 6. The fourth-order valence-corrected chi connectivity index (χ4v) is 3.13. The normalized spacial score (nSPS) is 12.9. The highest BCUT2D eigenvalue weighted by molar-refractivity contribution is 7.89. The lowest BCUT2D eigenvalue weighted by Gasteiger charge is -2.21. The van der Waals surface area contributed by atoms with E-state index in [0.717, 1.165) is 5.56 Å². The third-order valence-electron chi connectivity index (χ3n) is 2.65. The van der Waals surface area contributed by atoms with E-state index >= 15 is 0 Å². The summed E-state index contributed by atoms with van der Waals surface area (Å²) in [6.45, 7) is 0.212. The van der Waals surface area contributed by atoms with Gasteiger partial charge in [-0.25, -0.2) is 8.42 Å². The van der Waals surface area contributed by atoms with Gasteiger partial charge in [0.2, 0.25) is 10.0 Å². The van der Waals surface area contributed by atoms with Crippen LogP contribution in [0, 0.1) is 0 Å². The van der Waals surface area contributed by atoms with Gasteiger partial charge in [-0.1, -0.05) is 19.1 Å². The van der Waals surface area contributed by atoms with Gasteiger partial charge in [-0.05, 0) is 24.7 Å². The third kappa shape index (κ3) is 4.46. The molecule has 0 aliphatic heterocycles. The molecule has 1 aromatic carbocycles. The van der Waals surface area contributed by atoms with Crippen LogP contribution in [0.1, 0.15) is 12.5 Å². The van der Waals surface area contributed by atoms with Crippen LogP contribution in [0.15, 0.2) is 29.2 Å². The third-order valence-corrected chi connectivity index (χ3v) is 4.59. The summed E-state index contributed by atoms with van der Waals surface area (Å²) in [5.74, 6) is 0. The molecule has 0 aromatic heterocycles. The number of alkyl halides is 3. The second kappa shape index (κ2) is 6.55. The SMILES string of the molecule is CCN(CC(F)(F)F)S(=O)(=O)c1ccc(CNC)cc1. The van der Waals surface area contributed by atoms with E-state index in [2.05, 4.69) is 5.32 Å². The van der Waals surface area contributed by atoms with Gasteiger partial charge in [0.25, 0.3) is 0 Å². The van der Waals surface area contributed by atoms with Crippen LogP contribution in [0.3, 0.4) is 0 Å². The lowest BCUT2D eigenvalue weighted by atomic mass is 10.2. The van der Waals surface area contributed by atoms with Crippen LogP contribution < -0.4 is 5.32 Å². The molecule has 0 radical (unpaired) electrons. The highest BCUT2D eigenvalue weighted by Crippen LogP contribution is 2.22. The average Bonchev–Trinajstić information content (AvgIpc) is 2.36. The van der Waals surface area contributed by atoms with Gasteiger partial charge in [0.05, 0.1) is 4.90 Å². The monoisotopic (exact) mass is 310 g/mol. The molecule has 0 bridgehead atoms. The van der Waals surface area contributed by atoms with E-state index in [1.54, 1.807) is 19.2 Å². The van der Waals surface area contributed by atoms with Gasteiger partial charge in [-0.3, -0.25) is 0 Å². The zero-order valence-corrected chi connectivity index (χ0v) is 12.1. The van der Waals surface area contributed by atoms with Crippen molar-refractivity contribution in [3.8, 4) is 0 Å². The molecule has 1 N–H and O–H groups in total. The Morgan fingerprint density at radius 1 is 1.20 bits per heavy atom. The van der Waals surface area contributed by atoms with Crippen molar-refractivity contribution in [3.63, 3.8) is 0 Å². The molecular formula is C12H17F3N2O2S. The van der Waals surface area contributed by atoms with Crippen molar-refractivity contribution in [2.75, 3.05) is 20.1 Å². The first-order chi connectivity index (χ1) is 9.20. The van der Waals surface area contributed by atoms with Gasteiger partial charge >= 0.3 is 6.18 Å². The highest BCUT2D eigenvalue weighted by atomic mass is 32.2. The predicted molar refractivity (Wildman–Crippen MR) is 69.7 cm³/mol. The standard InChI is InChI=1S/C12H17F3N2O2S/c1-3-17(9-12(13,14)15)20(18,19)11-6-4-10(5-7-11)8-16-2/h4-7,16H,3,8-9H2,1-2H3. The topological polar surface area (TPSA) is 49.4 Å². The number of benzene rings is 1.